The van der Waals surface area contributed by atoms with Crippen LogP contribution in [0.1, 0.15) is 38.2 Å². The fourth-order valence-electron chi connectivity index (χ4n) is 2.71. The summed E-state index contributed by atoms with van der Waals surface area (Å²) in [6.07, 6.45) is 5.15. The van der Waals surface area contributed by atoms with Gasteiger partial charge in [0.05, 0.1) is 0 Å². The molecule has 3 nitrogen and oxygen atoms in total. The normalized spacial score (nSPS) is 13.5. The van der Waals surface area contributed by atoms with Crippen LogP contribution in [-0.4, -0.2) is 14.7 Å². The van der Waals surface area contributed by atoms with Crippen molar-refractivity contribution in [2.45, 2.75) is 39.0 Å². The third kappa shape index (κ3) is 3.74. The number of rotatable bonds is 7. The van der Waals surface area contributed by atoms with E-state index in [2.05, 4.69) is 6.92 Å². The maximum absolute atomic E-state index is 10.7. The first-order valence-electron chi connectivity index (χ1n) is 7.85. The van der Waals surface area contributed by atoms with Crippen molar-refractivity contribution in [3.05, 3.63) is 60.2 Å². The summed E-state index contributed by atoms with van der Waals surface area (Å²) >= 11 is 0. The fraction of sp³-hybridized carbons (Fsp3) is 0.333. The SMILES string of the molecule is CCCCCCc1ccccc1P(O)(O)(O)c1ccccc1. The van der Waals surface area contributed by atoms with Crippen LogP contribution in [-0.2, 0) is 6.42 Å². The van der Waals surface area contributed by atoms with Gasteiger partial charge in [0, 0.05) is 0 Å². The van der Waals surface area contributed by atoms with Gasteiger partial charge in [-0.3, -0.25) is 0 Å². The van der Waals surface area contributed by atoms with E-state index in [1.54, 1.807) is 42.5 Å². The zero-order valence-electron chi connectivity index (χ0n) is 13.0. The van der Waals surface area contributed by atoms with Gasteiger partial charge in [-0.25, -0.2) is 0 Å². The second-order valence-corrected chi connectivity index (χ2v) is 8.71. The van der Waals surface area contributed by atoms with Crippen molar-refractivity contribution in [2.24, 2.45) is 0 Å². The summed E-state index contributed by atoms with van der Waals surface area (Å²) in [5.74, 6) is 0. The topological polar surface area (TPSA) is 60.7 Å². The van der Waals surface area contributed by atoms with Gasteiger partial charge in [-0.15, -0.1) is 0 Å². The summed E-state index contributed by atoms with van der Waals surface area (Å²) < 4.78 is 0. The summed E-state index contributed by atoms with van der Waals surface area (Å²) in [4.78, 5) is 32.2. The molecule has 0 fully saturated rings. The number of benzene rings is 2. The zero-order valence-corrected chi connectivity index (χ0v) is 13.9. The van der Waals surface area contributed by atoms with Crippen LogP contribution < -0.4 is 10.6 Å². The molecule has 0 unspecified atom stereocenters. The minimum absolute atomic E-state index is 0.175. The minimum atomic E-state index is -5.06. The zero-order chi connectivity index (χ0) is 16.1. The average Bonchev–Trinajstić information content (AvgIpc) is 2.52. The average molecular weight is 320 g/mol. The van der Waals surface area contributed by atoms with Gasteiger partial charge in [-0.05, 0) is 0 Å². The van der Waals surface area contributed by atoms with Gasteiger partial charge in [0.1, 0.15) is 0 Å². The van der Waals surface area contributed by atoms with E-state index >= 15 is 0 Å². The van der Waals surface area contributed by atoms with Gasteiger partial charge < -0.3 is 0 Å². The van der Waals surface area contributed by atoms with Crippen molar-refractivity contribution in [3.8, 4) is 0 Å². The molecule has 0 saturated heterocycles. The standard InChI is InChI=1S/C18H25O3P/c1-2-3-4-6-11-16-12-9-10-15-18(16)22(19,20,21)17-13-7-5-8-14-17/h5,7-10,12-15,19-21H,2-4,6,11H2,1H3. The van der Waals surface area contributed by atoms with Crippen LogP contribution in [0.4, 0.5) is 0 Å². The van der Waals surface area contributed by atoms with E-state index in [-0.39, 0.29) is 10.6 Å². The van der Waals surface area contributed by atoms with E-state index in [1.807, 2.05) is 12.1 Å². The first kappa shape index (κ1) is 17.1. The van der Waals surface area contributed by atoms with Crippen LogP contribution in [0, 0.1) is 0 Å². The van der Waals surface area contributed by atoms with E-state index in [4.69, 9.17) is 0 Å². The molecule has 2 aromatic carbocycles. The molecule has 22 heavy (non-hydrogen) atoms. The Morgan fingerprint density at radius 1 is 0.773 bits per heavy atom. The Bertz CT molecular complexity index is 602. The monoisotopic (exact) mass is 320 g/mol. The van der Waals surface area contributed by atoms with Crippen molar-refractivity contribution in [1.29, 1.82) is 0 Å². The van der Waals surface area contributed by atoms with Crippen LogP contribution in [0.15, 0.2) is 54.6 Å². The summed E-state index contributed by atoms with van der Waals surface area (Å²) in [5, 5.41) is 0.436. The van der Waals surface area contributed by atoms with E-state index in [0.29, 0.717) is 0 Å². The first-order valence-corrected chi connectivity index (χ1v) is 9.94. The molecule has 0 saturated carbocycles. The third-order valence-corrected chi connectivity index (χ3v) is 6.54. The van der Waals surface area contributed by atoms with Crippen molar-refractivity contribution in [2.75, 3.05) is 0 Å². The molecular weight excluding hydrogens is 295 g/mol. The Balaban J connectivity index is 2.35. The van der Waals surface area contributed by atoms with Gasteiger partial charge in [0.25, 0.3) is 0 Å². The predicted octanol–water partition coefficient (Wildman–Crippen LogP) is 3.04. The Kier molecular flexibility index (Phi) is 5.36. The second-order valence-electron chi connectivity index (χ2n) is 5.76. The first-order chi connectivity index (χ1) is 10.4. The number of unbranched alkanes of at least 4 members (excludes halogenated alkanes) is 3. The summed E-state index contributed by atoms with van der Waals surface area (Å²) in [6, 6.07) is 15.4. The number of hydrogen-bond acceptors (Lipinski definition) is 3. The molecule has 0 heterocycles. The van der Waals surface area contributed by atoms with E-state index < -0.39 is 7.28 Å². The van der Waals surface area contributed by atoms with Crippen molar-refractivity contribution >= 4 is 17.9 Å². The van der Waals surface area contributed by atoms with Gasteiger partial charge >= 0.3 is 132 Å². The van der Waals surface area contributed by atoms with E-state index in [0.717, 1.165) is 31.2 Å². The van der Waals surface area contributed by atoms with E-state index in [1.165, 1.54) is 6.42 Å². The van der Waals surface area contributed by atoms with Gasteiger partial charge in [0.15, 0.2) is 0 Å². The molecule has 4 heteroatoms. The molecule has 0 atom stereocenters. The van der Waals surface area contributed by atoms with Gasteiger partial charge in [-0.1, -0.05) is 0 Å². The molecule has 0 bridgehead atoms. The Morgan fingerprint density at radius 3 is 2.09 bits per heavy atom. The third-order valence-electron chi connectivity index (χ3n) is 3.97. The molecule has 0 spiro atoms. The predicted molar refractivity (Wildman–Crippen MR) is 93.6 cm³/mol. The molecule has 2 rings (SSSR count). The molecule has 0 aromatic heterocycles. The quantitative estimate of drug-likeness (QED) is 0.543. The van der Waals surface area contributed by atoms with Crippen LogP contribution >= 0.6 is 7.28 Å². The molecule has 2 aromatic rings. The van der Waals surface area contributed by atoms with Crippen molar-refractivity contribution in [1.82, 2.24) is 0 Å². The summed E-state index contributed by atoms with van der Waals surface area (Å²) in [6.45, 7) is 2.16. The van der Waals surface area contributed by atoms with Crippen LogP contribution in [0.5, 0.6) is 0 Å². The molecule has 3 N–H and O–H groups in total. The Labute approximate surface area is 132 Å². The maximum atomic E-state index is 10.7. The number of aryl methyl sites for hydroxylation is 1. The van der Waals surface area contributed by atoms with Crippen LogP contribution in [0.25, 0.3) is 0 Å². The molecule has 0 radical (unpaired) electrons. The van der Waals surface area contributed by atoms with Crippen LogP contribution in [0.3, 0.4) is 0 Å². The Hall–Kier alpha value is -1.25. The molecule has 0 amide bonds. The van der Waals surface area contributed by atoms with Crippen molar-refractivity contribution < 1.29 is 14.7 Å². The summed E-state index contributed by atoms with van der Waals surface area (Å²) in [5.41, 5.74) is 0.813. The van der Waals surface area contributed by atoms with Gasteiger partial charge in [-0.2, -0.15) is 0 Å². The summed E-state index contributed by atoms with van der Waals surface area (Å²) in [7, 11) is -5.06. The molecule has 120 valence electrons. The Morgan fingerprint density at radius 2 is 1.41 bits per heavy atom. The second kappa shape index (κ2) is 6.89. The fourth-order valence-corrected chi connectivity index (χ4v) is 4.78. The molecule has 0 aliphatic heterocycles. The molecular formula is C18H25O3P. The van der Waals surface area contributed by atoms with Crippen LogP contribution in [0.2, 0.25) is 0 Å². The van der Waals surface area contributed by atoms with Crippen molar-refractivity contribution in [3.63, 3.8) is 0 Å². The molecule has 0 aliphatic rings. The van der Waals surface area contributed by atoms with Gasteiger partial charge in [0.2, 0.25) is 0 Å². The molecule has 0 aliphatic carbocycles. The number of hydrogen-bond donors (Lipinski definition) is 3. The van der Waals surface area contributed by atoms with E-state index in [9.17, 15) is 14.7 Å².